The van der Waals surface area contributed by atoms with Gasteiger partial charge in [0.05, 0.1) is 0 Å². The van der Waals surface area contributed by atoms with Crippen LogP contribution < -0.4 is 0 Å². The van der Waals surface area contributed by atoms with Gasteiger partial charge in [-0.15, -0.1) is 0 Å². The summed E-state index contributed by atoms with van der Waals surface area (Å²) in [6, 6.07) is 0. The number of rotatable bonds is 14. The Balaban J connectivity index is 0. The summed E-state index contributed by atoms with van der Waals surface area (Å²) in [7, 11) is -1.39. The van der Waals surface area contributed by atoms with Crippen LogP contribution in [0.4, 0.5) is 0 Å². The van der Waals surface area contributed by atoms with Crippen LogP contribution in [0.3, 0.4) is 0 Å². The predicted molar refractivity (Wildman–Crippen MR) is 148 cm³/mol. The third kappa shape index (κ3) is 11.9. The molecule has 0 saturated carbocycles. The molecule has 1 aliphatic carbocycles. The Labute approximate surface area is 217 Å². The van der Waals surface area contributed by atoms with Crippen LogP contribution in [0.2, 0.25) is 0 Å². The Morgan fingerprint density at radius 3 is 1.47 bits per heavy atom. The molecule has 0 aromatic rings. The van der Waals surface area contributed by atoms with Gasteiger partial charge >= 0.3 is 0 Å². The average molecular weight is 496 g/mol. The fourth-order valence-corrected chi connectivity index (χ4v) is 10.0. The number of unbranched alkanes of at least 4 members (excludes halogenated alkanes) is 3. The molecule has 0 aliphatic heterocycles. The van der Waals surface area contributed by atoms with Crippen LogP contribution in [-0.4, -0.2) is 17.0 Å². The third-order valence-electron chi connectivity index (χ3n) is 6.83. The maximum Gasteiger partial charge on any atom is 0.0425 e. The normalized spacial score (nSPS) is 17.1. The first kappa shape index (κ1) is 34.1. The van der Waals surface area contributed by atoms with Gasteiger partial charge in [0.15, 0.2) is 0 Å². The van der Waals surface area contributed by atoms with Gasteiger partial charge in [-0.05, 0) is 63.2 Å². The summed E-state index contributed by atoms with van der Waals surface area (Å²) in [6.07, 6.45) is 19.9. The largest absolute Gasteiger partial charge is 0.271 e. The first-order valence-electron chi connectivity index (χ1n) is 13.0. The molecule has 0 spiro atoms. The summed E-state index contributed by atoms with van der Waals surface area (Å²) >= 11 is 0. The van der Waals surface area contributed by atoms with Crippen molar-refractivity contribution in [2.45, 2.75) is 137 Å². The van der Waals surface area contributed by atoms with E-state index in [0.29, 0.717) is 0 Å². The maximum atomic E-state index is 5.68. The molecule has 32 heavy (non-hydrogen) atoms. The Kier molecular flexibility index (Phi) is 20.5. The van der Waals surface area contributed by atoms with Gasteiger partial charge in [-0.3, -0.25) is 4.74 Å². The zero-order valence-corrected chi connectivity index (χ0v) is 25.3. The van der Waals surface area contributed by atoms with Crippen molar-refractivity contribution in [3.63, 3.8) is 0 Å². The van der Waals surface area contributed by atoms with Gasteiger partial charge in [0.25, 0.3) is 0 Å². The van der Waals surface area contributed by atoms with Crippen molar-refractivity contribution in [1.29, 1.82) is 0 Å². The summed E-state index contributed by atoms with van der Waals surface area (Å²) in [6.45, 7) is 25.8. The molecule has 0 fully saturated rings. The summed E-state index contributed by atoms with van der Waals surface area (Å²) in [5.41, 5.74) is 5.81. The number of nitrogens with zero attached hydrogens (tertiary/aromatic N) is 1. The Hall–Kier alpha value is -0.0957. The van der Waals surface area contributed by atoms with Gasteiger partial charge < -0.3 is 0 Å². The van der Waals surface area contributed by atoms with E-state index in [2.05, 4.69) is 72.9 Å². The molecule has 0 N–H and O–H groups in total. The topological polar surface area (TPSA) is 12.4 Å². The smallest absolute Gasteiger partial charge is 0.0425 e. The van der Waals surface area contributed by atoms with E-state index < -0.39 is 7.05 Å². The van der Waals surface area contributed by atoms with Crippen molar-refractivity contribution < 1.29 is 21.7 Å². The van der Waals surface area contributed by atoms with E-state index in [1.807, 2.05) is 13.8 Å². The van der Waals surface area contributed by atoms with Gasteiger partial charge in [-0.2, -0.15) is 0 Å². The van der Waals surface area contributed by atoms with Gasteiger partial charge in [-0.25, -0.2) is 0 Å². The molecule has 0 amide bonds. The molecule has 3 unspecified atom stereocenters. The molecule has 0 saturated heterocycles. The Morgan fingerprint density at radius 1 is 0.844 bits per heavy atom. The second kappa shape index (κ2) is 19.2. The van der Waals surface area contributed by atoms with Gasteiger partial charge in [0.2, 0.25) is 0 Å². The first-order chi connectivity index (χ1) is 14.7. The maximum absolute atomic E-state index is 5.68. The molecule has 0 aromatic carbocycles. The van der Waals surface area contributed by atoms with E-state index in [1.165, 1.54) is 63.5 Å². The molecular weight excluding hydrogens is 441 g/mol. The van der Waals surface area contributed by atoms with Gasteiger partial charge in [0.1, 0.15) is 0 Å². The molecule has 184 valence electrons. The third-order valence-corrected chi connectivity index (χ3v) is 12.4. The van der Waals surface area contributed by atoms with Crippen LogP contribution in [0.1, 0.15) is 120 Å². The molecule has 0 aromatic heterocycles. The van der Waals surface area contributed by atoms with E-state index in [4.69, 9.17) is 4.74 Å². The van der Waals surface area contributed by atoms with Crippen LogP contribution >= 0.6 is 7.05 Å². The van der Waals surface area contributed by atoms with Crippen LogP contribution in [0.25, 0.3) is 0 Å². The molecule has 1 aliphatic rings. The standard InChI is InChI=1S/C23H44NP.C6H10.Ti/c1-7-10-15-20(4)25(21(5)16-11-8-2,22(6)17-12-9-3)24-23-18-13-14-19-23;1-5(2)6(3)4;/h13-14,18,20-22H,7-12,15-17,19H2,1-6H3;1,3H2,2,4H3;. The fourth-order valence-electron chi connectivity index (χ4n) is 4.45. The van der Waals surface area contributed by atoms with Crippen LogP contribution in [0, 0.1) is 0 Å². The van der Waals surface area contributed by atoms with Crippen molar-refractivity contribution in [3.05, 3.63) is 48.2 Å². The molecule has 0 radical (unpaired) electrons. The van der Waals surface area contributed by atoms with Crippen molar-refractivity contribution in [2.75, 3.05) is 0 Å². The number of allylic oxidation sites excluding steroid dienone is 5. The monoisotopic (exact) mass is 495 g/mol. The fraction of sp³-hybridized carbons (Fsp3) is 0.724. The van der Waals surface area contributed by atoms with Crippen molar-refractivity contribution in [3.8, 4) is 0 Å². The zero-order valence-electron chi connectivity index (χ0n) is 22.8. The second-order valence-electron chi connectivity index (χ2n) is 9.72. The Bertz CT molecular complexity index is 589. The minimum atomic E-state index is -1.39. The minimum absolute atomic E-state index is 0. The first-order valence-corrected chi connectivity index (χ1v) is 14.9. The van der Waals surface area contributed by atoms with E-state index in [9.17, 15) is 0 Å². The van der Waals surface area contributed by atoms with E-state index in [1.54, 1.807) is 0 Å². The number of hydrogen-bond donors (Lipinski definition) is 0. The van der Waals surface area contributed by atoms with Crippen molar-refractivity contribution in [2.24, 2.45) is 4.74 Å². The summed E-state index contributed by atoms with van der Waals surface area (Å²) in [4.78, 5) is 0. The average Bonchev–Trinajstić information content (AvgIpc) is 3.25. The summed E-state index contributed by atoms with van der Waals surface area (Å²) in [5.74, 6) is 0. The molecule has 1 rings (SSSR count). The van der Waals surface area contributed by atoms with Gasteiger partial charge in [0, 0.05) is 33.8 Å². The van der Waals surface area contributed by atoms with E-state index >= 15 is 0 Å². The molecule has 0 bridgehead atoms. The molecule has 3 heteroatoms. The second-order valence-corrected chi connectivity index (χ2v) is 14.2. The molecule has 0 heterocycles. The predicted octanol–water partition coefficient (Wildman–Crippen LogP) is 10.9. The molecule has 1 nitrogen and oxygen atoms in total. The van der Waals surface area contributed by atoms with Crippen LogP contribution in [0.5, 0.6) is 0 Å². The van der Waals surface area contributed by atoms with Gasteiger partial charge in [-0.1, -0.05) is 117 Å². The zero-order chi connectivity index (χ0) is 23.9. The van der Waals surface area contributed by atoms with Crippen molar-refractivity contribution >= 4 is 7.05 Å². The molecular formula is C29H54NPTi. The van der Waals surface area contributed by atoms with Crippen molar-refractivity contribution in [1.82, 2.24) is 0 Å². The molecule has 3 atom stereocenters. The minimum Gasteiger partial charge on any atom is -0.271 e. The summed E-state index contributed by atoms with van der Waals surface area (Å²) < 4.78 is 5.68. The van der Waals surface area contributed by atoms with E-state index in [-0.39, 0.29) is 21.7 Å². The van der Waals surface area contributed by atoms with Crippen LogP contribution in [-0.2, 0) is 21.7 Å². The summed E-state index contributed by atoms with van der Waals surface area (Å²) in [5, 5.41) is 0. The van der Waals surface area contributed by atoms with E-state index in [0.717, 1.165) is 34.5 Å². The Morgan fingerprint density at radius 2 is 1.22 bits per heavy atom. The van der Waals surface area contributed by atoms with Crippen LogP contribution in [0.15, 0.2) is 53.0 Å². The quantitative estimate of drug-likeness (QED) is 0.129. The SMILES string of the molecule is C=C(C)C(=C)C.CCCCC(C)P(=NC1=CC=CC1)(C(C)CCCC)C(C)CCCC.[Ti]. The number of hydrogen-bond acceptors (Lipinski definition) is 1.